The van der Waals surface area contributed by atoms with Crippen molar-refractivity contribution in [3.8, 4) is 0 Å². The van der Waals surface area contributed by atoms with Crippen LogP contribution in [0.5, 0.6) is 0 Å². The highest BCUT2D eigenvalue weighted by atomic mass is 16.5. The van der Waals surface area contributed by atoms with Gasteiger partial charge < -0.3 is 14.9 Å². The summed E-state index contributed by atoms with van der Waals surface area (Å²) in [7, 11) is 0. The van der Waals surface area contributed by atoms with Crippen molar-refractivity contribution < 1.29 is 14.9 Å². The maximum absolute atomic E-state index is 11.1. The fraction of sp³-hybridized carbons (Fsp3) is 1.00. The first kappa shape index (κ1) is 25.5. The van der Waals surface area contributed by atoms with E-state index in [1.54, 1.807) is 0 Å². The van der Waals surface area contributed by atoms with Crippen LogP contribution in [0.3, 0.4) is 0 Å². The summed E-state index contributed by atoms with van der Waals surface area (Å²) >= 11 is 0. The Balaban J connectivity index is 1.23. The second kappa shape index (κ2) is 9.64. The molecule has 196 valence electrons. The van der Waals surface area contributed by atoms with Crippen LogP contribution in [0.25, 0.3) is 0 Å². The summed E-state index contributed by atoms with van der Waals surface area (Å²) in [5, 5.41) is 21.9. The van der Waals surface area contributed by atoms with Crippen LogP contribution in [-0.4, -0.2) is 35.1 Å². The van der Waals surface area contributed by atoms with E-state index in [0.29, 0.717) is 16.7 Å². The molecule has 5 fully saturated rings. The van der Waals surface area contributed by atoms with Gasteiger partial charge in [-0.25, -0.2) is 0 Å². The fourth-order valence-electron chi connectivity index (χ4n) is 10.6. The van der Waals surface area contributed by atoms with E-state index in [4.69, 9.17) is 4.74 Å². The van der Waals surface area contributed by atoms with Gasteiger partial charge in [-0.15, -0.1) is 0 Å². The highest BCUT2D eigenvalue weighted by molar-refractivity contribution is 5.10. The smallest absolute Gasteiger partial charge is 0.0648 e. The van der Waals surface area contributed by atoms with Crippen molar-refractivity contribution in [2.75, 3.05) is 13.2 Å². The standard InChI is InChI=1S/C31H54O3/c1-5-31(33)17-16-29(3)23(20-31)7-8-24-26-10-9-25(30(26,4)15-12-27(24)29)21(2)6-11-28(32)22-13-18-34-19-14-22/h21-28,32-33H,5-20H2,1-4H3/t21-,23-,24?,25-,26+,27+,28-,29+,30-,31+/m1/s1. The third-order valence-electron chi connectivity index (χ3n) is 13.0. The Bertz CT molecular complexity index is 703. The van der Waals surface area contributed by atoms with E-state index in [1.165, 1.54) is 51.4 Å². The Hall–Kier alpha value is -0.120. The molecule has 0 amide bonds. The average Bonchev–Trinajstić information content (AvgIpc) is 3.20. The zero-order valence-corrected chi connectivity index (χ0v) is 22.7. The fourth-order valence-corrected chi connectivity index (χ4v) is 10.6. The molecule has 0 aromatic heterocycles. The minimum Gasteiger partial charge on any atom is -0.393 e. The number of hydrogen-bond acceptors (Lipinski definition) is 3. The van der Waals surface area contributed by atoms with E-state index in [9.17, 15) is 10.2 Å². The molecule has 4 saturated carbocycles. The summed E-state index contributed by atoms with van der Waals surface area (Å²) in [5.41, 5.74) is 0.582. The molecule has 4 aliphatic carbocycles. The molecule has 1 unspecified atom stereocenters. The third-order valence-corrected chi connectivity index (χ3v) is 13.0. The van der Waals surface area contributed by atoms with E-state index in [1.807, 2.05) is 0 Å². The van der Waals surface area contributed by atoms with Gasteiger partial charge in [0, 0.05) is 13.2 Å². The van der Waals surface area contributed by atoms with Crippen LogP contribution in [0.15, 0.2) is 0 Å². The molecule has 5 aliphatic rings. The molecule has 0 bridgehead atoms. The van der Waals surface area contributed by atoms with Crippen molar-refractivity contribution >= 4 is 0 Å². The number of ether oxygens (including phenoxy) is 1. The van der Waals surface area contributed by atoms with Crippen LogP contribution in [0.1, 0.15) is 118 Å². The van der Waals surface area contributed by atoms with Gasteiger partial charge in [0.15, 0.2) is 0 Å². The number of rotatable bonds is 6. The molecule has 1 aliphatic heterocycles. The van der Waals surface area contributed by atoms with Crippen LogP contribution in [0.4, 0.5) is 0 Å². The lowest BCUT2D eigenvalue weighted by Crippen LogP contribution is -2.56. The van der Waals surface area contributed by atoms with Gasteiger partial charge in [0.2, 0.25) is 0 Å². The van der Waals surface area contributed by atoms with Gasteiger partial charge in [-0.2, -0.15) is 0 Å². The summed E-state index contributed by atoms with van der Waals surface area (Å²) in [6.07, 6.45) is 16.8. The lowest BCUT2D eigenvalue weighted by Gasteiger charge is -2.62. The highest BCUT2D eigenvalue weighted by Gasteiger charge is 2.61. The van der Waals surface area contributed by atoms with Crippen LogP contribution in [0.2, 0.25) is 0 Å². The molecule has 10 atom stereocenters. The van der Waals surface area contributed by atoms with Gasteiger partial charge in [-0.1, -0.05) is 27.7 Å². The normalized spacial score (nSPS) is 49.1. The summed E-state index contributed by atoms with van der Waals surface area (Å²) in [6, 6.07) is 0. The number of aliphatic hydroxyl groups excluding tert-OH is 1. The van der Waals surface area contributed by atoms with Gasteiger partial charge in [0.25, 0.3) is 0 Å². The maximum atomic E-state index is 11.1. The van der Waals surface area contributed by atoms with E-state index in [0.717, 1.165) is 87.2 Å². The Kier molecular flexibility index (Phi) is 7.24. The predicted octanol–water partition coefficient (Wildman–Crippen LogP) is 6.99. The SMILES string of the molecule is CC[C@]1(O)CC[C@@]2(C)[C@H](CCC3[C@@H]2CC[C@]2(C)[C@@H]([C@H](C)CC[C@@H](O)C4CCOCC4)CC[C@@H]32)C1. The lowest BCUT2D eigenvalue weighted by atomic mass is 9.43. The van der Waals surface area contributed by atoms with Crippen molar-refractivity contribution in [2.24, 2.45) is 52.3 Å². The molecule has 0 spiro atoms. The Labute approximate surface area is 209 Å². The average molecular weight is 475 g/mol. The molecule has 1 heterocycles. The molecule has 3 nitrogen and oxygen atoms in total. The summed E-state index contributed by atoms with van der Waals surface area (Å²) in [6.45, 7) is 11.6. The first-order valence-electron chi connectivity index (χ1n) is 15.2. The van der Waals surface area contributed by atoms with E-state index in [-0.39, 0.29) is 11.7 Å². The Morgan fingerprint density at radius 3 is 2.32 bits per heavy atom. The molecule has 0 aromatic rings. The number of fused-ring (bicyclic) bond motifs is 5. The molecule has 0 aromatic carbocycles. The molecule has 1 saturated heterocycles. The molecular formula is C31H54O3. The monoisotopic (exact) mass is 474 g/mol. The number of aliphatic hydroxyl groups is 2. The topological polar surface area (TPSA) is 49.7 Å². The van der Waals surface area contributed by atoms with Gasteiger partial charge in [-0.3, -0.25) is 0 Å². The lowest BCUT2D eigenvalue weighted by molar-refractivity contribution is -0.152. The van der Waals surface area contributed by atoms with Crippen molar-refractivity contribution in [3.05, 3.63) is 0 Å². The van der Waals surface area contributed by atoms with Crippen LogP contribution < -0.4 is 0 Å². The summed E-state index contributed by atoms with van der Waals surface area (Å²) in [4.78, 5) is 0. The van der Waals surface area contributed by atoms with Gasteiger partial charge in [0.1, 0.15) is 0 Å². The molecule has 5 rings (SSSR count). The van der Waals surface area contributed by atoms with Crippen LogP contribution in [0, 0.1) is 52.3 Å². The third kappa shape index (κ3) is 4.32. The highest BCUT2D eigenvalue weighted by Crippen LogP contribution is 2.69. The Morgan fingerprint density at radius 2 is 1.59 bits per heavy atom. The van der Waals surface area contributed by atoms with E-state index < -0.39 is 0 Å². The predicted molar refractivity (Wildman–Crippen MR) is 138 cm³/mol. The van der Waals surface area contributed by atoms with E-state index >= 15 is 0 Å². The zero-order valence-electron chi connectivity index (χ0n) is 22.7. The van der Waals surface area contributed by atoms with Gasteiger partial charge in [0.05, 0.1) is 11.7 Å². The van der Waals surface area contributed by atoms with Crippen molar-refractivity contribution in [1.29, 1.82) is 0 Å². The minimum atomic E-state index is -0.386. The van der Waals surface area contributed by atoms with Crippen LogP contribution in [-0.2, 0) is 4.74 Å². The van der Waals surface area contributed by atoms with Crippen LogP contribution >= 0.6 is 0 Å². The summed E-state index contributed by atoms with van der Waals surface area (Å²) in [5.74, 6) is 5.46. The minimum absolute atomic E-state index is 0.129. The first-order chi connectivity index (χ1) is 16.2. The molecule has 2 N–H and O–H groups in total. The molecule has 3 heteroatoms. The maximum Gasteiger partial charge on any atom is 0.0648 e. The molecular weight excluding hydrogens is 420 g/mol. The Morgan fingerprint density at radius 1 is 0.853 bits per heavy atom. The quantitative estimate of drug-likeness (QED) is 0.436. The molecule has 34 heavy (non-hydrogen) atoms. The second-order valence-corrected chi connectivity index (χ2v) is 14.2. The summed E-state index contributed by atoms with van der Waals surface area (Å²) < 4.78 is 5.50. The van der Waals surface area contributed by atoms with Gasteiger partial charge in [-0.05, 0) is 142 Å². The van der Waals surface area contributed by atoms with Crippen molar-refractivity contribution in [2.45, 2.75) is 129 Å². The zero-order chi connectivity index (χ0) is 24.1. The second-order valence-electron chi connectivity index (χ2n) is 14.2. The molecule has 0 radical (unpaired) electrons. The van der Waals surface area contributed by atoms with Crippen molar-refractivity contribution in [1.82, 2.24) is 0 Å². The van der Waals surface area contributed by atoms with E-state index in [2.05, 4.69) is 27.7 Å². The van der Waals surface area contributed by atoms with Gasteiger partial charge >= 0.3 is 0 Å². The van der Waals surface area contributed by atoms with Crippen molar-refractivity contribution in [3.63, 3.8) is 0 Å². The number of hydrogen-bond donors (Lipinski definition) is 2. The largest absolute Gasteiger partial charge is 0.393 e. The first-order valence-corrected chi connectivity index (χ1v) is 15.2.